The molecule has 0 radical (unpaired) electrons. The van der Waals surface area contributed by atoms with Crippen LogP contribution in [0.5, 0.6) is 11.5 Å². The number of nitrogens with zero attached hydrogens (tertiary/aromatic N) is 1. The van der Waals surface area contributed by atoms with Crippen molar-refractivity contribution in [2.75, 3.05) is 25.7 Å². The zero-order valence-corrected chi connectivity index (χ0v) is 15.0. The van der Waals surface area contributed by atoms with Crippen LogP contribution in [-0.4, -0.2) is 26.7 Å². The van der Waals surface area contributed by atoms with Gasteiger partial charge in [-0.2, -0.15) is 0 Å². The van der Waals surface area contributed by atoms with E-state index in [2.05, 4.69) is 0 Å². The number of hydrogen-bond acceptors (Lipinski definition) is 3. The van der Waals surface area contributed by atoms with Gasteiger partial charge in [-0.25, -0.2) is 0 Å². The van der Waals surface area contributed by atoms with Crippen molar-refractivity contribution < 1.29 is 14.3 Å². The molecule has 3 rings (SSSR count). The molecule has 0 fully saturated rings. The number of hydrogen-bond donors (Lipinski definition) is 0. The zero-order chi connectivity index (χ0) is 17.4. The van der Waals surface area contributed by atoms with Crippen LogP contribution >= 0.6 is 11.6 Å². The van der Waals surface area contributed by atoms with Crippen molar-refractivity contribution in [3.05, 3.63) is 40.4 Å². The van der Waals surface area contributed by atoms with E-state index in [1.807, 2.05) is 30.9 Å². The lowest BCUT2D eigenvalue weighted by Gasteiger charge is -2.20. The molecular formula is C19H20ClNO3. The first-order valence-electron chi connectivity index (χ1n) is 7.86. The Hall–Kier alpha value is -2.20. The fraction of sp³-hybridized carbons (Fsp3) is 0.316. The maximum atomic E-state index is 12.4. The number of amides is 1. The summed E-state index contributed by atoms with van der Waals surface area (Å²) in [6.07, 6.45) is 0.384. The molecule has 1 aliphatic heterocycles. The summed E-state index contributed by atoms with van der Waals surface area (Å²) < 4.78 is 11.1. The summed E-state index contributed by atoms with van der Waals surface area (Å²) in [6.45, 7) is 4.67. The molecule has 1 aliphatic rings. The number of aryl methyl sites for hydroxylation is 1. The molecule has 2 aromatic carbocycles. The van der Waals surface area contributed by atoms with Gasteiger partial charge in [-0.15, -0.1) is 0 Å². The van der Waals surface area contributed by atoms with Crippen LogP contribution in [-0.2, 0) is 11.2 Å². The smallest absolute Gasteiger partial charge is 0.231 e. The lowest BCUT2D eigenvalue weighted by molar-refractivity contribution is -0.117. The van der Waals surface area contributed by atoms with E-state index >= 15 is 0 Å². The van der Waals surface area contributed by atoms with Gasteiger partial charge < -0.3 is 14.4 Å². The highest BCUT2D eigenvalue weighted by Crippen LogP contribution is 2.47. The highest BCUT2D eigenvalue weighted by molar-refractivity contribution is 6.31. The Morgan fingerprint density at radius 3 is 2.29 bits per heavy atom. The first-order chi connectivity index (χ1) is 11.5. The molecule has 1 amide bonds. The van der Waals surface area contributed by atoms with Crippen molar-refractivity contribution in [3.8, 4) is 22.6 Å². The summed E-state index contributed by atoms with van der Waals surface area (Å²) in [5.41, 5.74) is 4.87. The molecular weight excluding hydrogens is 326 g/mol. The van der Waals surface area contributed by atoms with E-state index in [9.17, 15) is 4.79 Å². The Morgan fingerprint density at radius 2 is 1.75 bits per heavy atom. The van der Waals surface area contributed by atoms with E-state index in [0.717, 1.165) is 27.9 Å². The highest BCUT2D eigenvalue weighted by Gasteiger charge is 2.31. The summed E-state index contributed by atoms with van der Waals surface area (Å²) in [5.74, 6) is 1.39. The third-order valence-corrected chi connectivity index (χ3v) is 4.67. The van der Waals surface area contributed by atoms with Gasteiger partial charge in [0.05, 0.1) is 26.2 Å². The SMILES string of the molecule is CCN1C(=O)Cc2c1ccc(C)c2-c1c(OC)cc(Cl)cc1OC. The second-order valence-electron chi connectivity index (χ2n) is 5.76. The zero-order valence-electron chi connectivity index (χ0n) is 14.3. The summed E-state index contributed by atoms with van der Waals surface area (Å²) in [6, 6.07) is 7.58. The van der Waals surface area contributed by atoms with Crippen molar-refractivity contribution in [1.82, 2.24) is 0 Å². The minimum absolute atomic E-state index is 0.117. The normalized spacial score (nSPS) is 13.2. The molecule has 126 valence electrons. The van der Waals surface area contributed by atoms with Gasteiger partial charge in [0, 0.05) is 17.3 Å². The Labute approximate surface area is 146 Å². The molecule has 0 N–H and O–H groups in total. The molecule has 5 heteroatoms. The number of carbonyl (C=O) groups is 1. The number of halogens is 1. The van der Waals surface area contributed by atoms with Crippen molar-refractivity contribution >= 4 is 23.2 Å². The highest BCUT2D eigenvalue weighted by atomic mass is 35.5. The summed E-state index contributed by atoms with van der Waals surface area (Å²) in [5, 5.41) is 0.545. The van der Waals surface area contributed by atoms with Gasteiger partial charge in [0.2, 0.25) is 5.91 Å². The second kappa shape index (κ2) is 6.36. The molecule has 1 heterocycles. The molecule has 0 spiro atoms. The number of anilines is 1. The topological polar surface area (TPSA) is 38.8 Å². The molecule has 0 aromatic heterocycles. The number of rotatable bonds is 4. The fourth-order valence-electron chi connectivity index (χ4n) is 3.39. The number of ether oxygens (including phenoxy) is 2. The Balaban J connectivity index is 2.33. The maximum absolute atomic E-state index is 12.4. The van der Waals surface area contributed by atoms with E-state index in [1.54, 1.807) is 26.4 Å². The number of carbonyl (C=O) groups excluding carboxylic acids is 1. The Morgan fingerprint density at radius 1 is 1.12 bits per heavy atom. The van der Waals surface area contributed by atoms with Crippen LogP contribution in [0.15, 0.2) is 24.3 Å². The van der Waals surface area contributed by atoms with Crippen molar-refractivity contribution in [2.24, 2.45) is 0 Å². The van der Waals surface area contributed by atoms with E-state index in [4.69, 9.17) is 21.1 Å². The van der Waals surface area contributed by atoms with Gasteiger partial charge in [-0.05, 0) is 48.7 Å². The number of methoxy groups -OCH3 is 2. The van der Waals surface area contributed by atoms with Crippen LogP contribution in [0, 0.1) is 6.92 Å². The predicted octanol–water partition coefficient (Wildman–Crippen LogP) is 4.24. The molecule has 24 heavy (non-hydrogen) atoms. The molecule has 0 aliphatic carbocycles. The van der Waals surface area contributed by atoms with E-state index in [-0.39, 0.29) is 5.91 Å². The predicted molar refractivity (Wildman–Crippen MR) is 96.5 cm³/mol. The third-order valence-electron chi connectivity index (χ3n) is 4.45. The molecule has 0 atom stereocenters. The van der Waals surface area contributed by atoms with Crippen LogP contribution in [0.25, 0.3) is 11.1 Å². The summed E-state index contributed by atoms with van der Waals surface area (Å²) in [7, 11) is 3.22. The van der Waals surface area contributed by atoms with Gasteiger partial charge in [-0.1, -0.05) is 17.7 Å². The molecule has 2 aromatic rings. The summed E-state index contributed by atoms with van der Waals surface area (Å²) >= 11 is 6.17. The molecule has 0 saturated heterocycles. The standard InChI is InChI=1S/C19H20ClNO3/c1-5-21-14-7-6-11(2)18(13(14)10-17(21)22)19-15(23-3)8-12(20)9-16(19)24-4/h6-9H,5,10H2,1-4H3. The fourth-order valence-corrected chi connectivity index (χ4v) is 3.59. The van der Waals surface area contributed by atoms with E-state index in [1.165, 1.54) is 0 Å². The van der Waals surface area contributed by atoms with Crippen LogP contribution in [0.3, 0.4) is 0 Å². The number of likely N-dealkylation sites (N-methyl/N-ethyl adjacent to an activating group) is 1. The van der Waals surface area contributed by atoms with Gasteiger partial charge in [0.25, 0.3) is 0 Å². The van der Waals surface area contributed by atoms with Crippen molar-refractivity contribution in [2.45, 2.75) is 20.3 Å². The first kappa shape index (κ1) is 16.7. The summed E-state index contributed by atoms with van der Waals surface area (Å²) in [4.78, 5) is 14.2. The van der Waals surface area contributed by atoms with Gasteiger partial charge in [0.15, 0.2) is 0 Å². The third kappa shape index (κ3) is 2.51. The average molecular weight is 346 g/mol. The quantitative estimate of drug-likeness (QED) is 0.831. The van der Waals surface area contributed by atoms with Crippen LogP contribution in [0.4, 0.5) is 5.69 Å². The molecule has 0 unspecified atom stereocenters. The van der Waals surface area contributed by atoms with Crippen molar-refractivity contribution in [1.29, 1.82) is 0 Å². The second-order valence-corrected chi connectivity index (χ2v) is 6.19. The van der Waals surface area contributed by atoms with Gasteiger partial charge >= 0.3 is 0 Å². The molecule has 4 nitrogen and oxygen atoms in total. The van der Waals surface area contributed by atoms with Gasteiger partial charge in [-0.3, -0.25) is 4.79 Å². The van der Waals surface area contributed by atoms with E-state index in [0.29, 0.717) is 29.5 Å². The monoisotopic (exact) mass is 345 g/mol. The Kier molecular flexibility index (Phi) is 4.41. The number of fused-ring (bicyclic) bond motifs is 1. The van der Waals surface area contributed by atoms with Gasteiger partial charge in [0.1, 0.15) is 11.5 Å². The lowest BCUT2D eigenvalue weighted by Crippen LogP contribution is -2.25. The van der Waals surface area contributed by atoms with Crippen LogP contribution in [0.2, 0.25) is 5.02 Å². The minimum Gasteiger partial charge on any atom is -0.496 e. The molecule has 0 saturated carbocycles. The van der Waals surface area contributed by atoms with Crippen LogP contribution in [0.1, 0.15) is 18.1 Å². The average Bonchev–Trinajstić information content (AvgIpc) is 2.89. The Bertz CT molecular complexity index is 791. The number of benzene rings is 2. The molecule has 0 bridgehead atoms. The van der Waals surface area contributed by atoms with Crippen LogP contribution < -0.4 is 14.4 Å². The minimum atomic E-state index is 0.117. The van der Waals surface area contributed by atoms with Crippen molar-refractivity contribution in [3.63, 3.8) is 0 Å². The maximum Gasteiger partial charge on any atom is 0.231 e. The van der Waals surface area contributed by atoms with E-state index < -0.39 is 0 Å². The lowest BCUT2D eigenvalue weighted by atomic mass is 9.92. The largest absolute Gasteiger partial charge is 0.496 e. The first-order valence-corrected chi connectivity index (χ1v) is 8.24.